The fraction of sp³-hybridized carbons (Fsp3) is 0.333. The van der Waals surface area contributed by atoms with Gasteiger partial charge in [-0.25, -0.2) is 0 Å². The zero-order valence-electron chi connectivity index (χ0n) is 14.7. The van der Waals surface area contributed by atoms with Crippen molar-refractivity contribution in [1.82, 2.24) is 14.8 Å². The molecule has 0 radical (unpaired) electrons. The predicted molar refractivity (Wildman–Crippen MR) is 100 cm³/mol. The molecular formula is C18H20N4O3S. The first-order valence-electron chi connectivity index (χ1n) is 8.29. The van der Waals surface area contributed by atoms with Gasteiger partial charge in [0, 0.05) is 37.0 Å². The number of amides is 1. The topological polar surface area (TPSA) is 86.1 Å². The quantitative estimate of drug-likeness (QED) is 0.645. The molecule has 2 heterocycles. The molecule has 0 bridgehead atoms. The molecular weight excluding hydrogens is 352 g/mol. The largest absolute Gasteiger partial charge is 0.469 e. The van der Waals surface area contributed by atoms with Crippen LogP contribution in [0.15, 0.2) is 30.5 Å². The Hall–Kier alpha value is -2.74. The Morgan fingerprint density at radius 3 is 2.88 bits per heavy atom. The van der Waals surface area contributed by atoms with E-state index in [0.717, 1.165) is 21.5 Å². The van der Waals surface area contributed by atoms with Crippen molar-refractivity contribution in [2.45, 2.75) is 25.7 Å². The molecule has 1 aromatic carbocycles. The smallest absolute Gasteiger partial charge is 0.305 e. The van der Waals surface area contributed by atoms with Crippen molar-refractivity contribution in [2.24, 2.45) is 7.05 Å². The molecule has 2 aromatic heterocycles. The Morgan fingerprint density at radius 1 is 1.27 bits per heavy atom. The summed E-state index contributed by atoms with van der Waals surface area (Å²) in [4.78, 5) is 23.5. The first kappa shape index (κ1) is 18.1. The maximum absolute atomic E-state index is 12.3. The number of ether oxygens (including phenoxy) is 1. The third kappa shape index (κ3) is 4.26. The molecule has 0 aliphatic heterocycles. The normalized spacial score (nSPS) is 10.8. The van der Waals surface area contributed by atoms with Crippen LogP contribution in [0.4, 0.5) is 5.13 Å². The number of anilines is 1. The van der Waals surface area contributed by atoms with Crippen LogP contribution in [-0.4, -0.2) is 33.8 Å². The summed E-state index contributed by atoms with van der Waals surface area (Å²) in [6, 6.07) is 7.99. The van der Waals surface area contributed by atoms with Crippen molar-refractivity contribution in [3.05, 3.63) is 41.0 Å². The Morgan fingerprint density at radius 2 is 2.08 bits per heavy atom. The Balaban J connectivity index is 1.57. The number of aryl methyl sites for hydroxylation is 2. The minimum absolute atomic E-state index is 0.126. The lowest BCUT2D eigenvalue weighted by Gasteiger charge is -2.00. The van der Waals surface area contributed by atoms with Gasteiger partial charge in [0.05, 0.1) is 13.5 Å². The number of nitrogens with one attached hydrogen (secondary N) is 1. The van der Waals surface area contributed by atoms with E-state index in [0.29, 0.717) is 24.4 Å². The van der Waals surface area contributed by atoms with Crippen LogP contribution in [0, 0.1) is 0 Å². The highest BCUT2D eigenvalue weighted by Gasteiger charge is 2.13. The van der Waals surface area contributed by atoms with E-state index in [2.05, 4.69) is 20.3 Å². The zero-order chi connectivity index (χ0) is 18.5. The number of hydrogen-bond acceptors (Lipinski definition) is 6. The van der Waals surface area contributed by atoms with Crippen LogP contribution in [0.2, 0.25) is 0 Å². The van der Waals surface area contributed by atoms with Crippen molar-refractivity contribution < 1.29 is 14.3 Å². The van der Waals surface area contributed by atoms with Crippen molar-refractivity contribution >= 4 is 39.2 Å². The number of esters is 1. The Labute approximate surface area is 155 Å². The fourth-order valence-electron chi connectivity index (χ4n) is 2.79. The van der Waals surface area contributed by atoms with E-state index in [1.807, 2.05) is 42.1 Å². The molecule has 0 atom stereocenters. The molecule has 3 aromatic rings. The number of nitrogens with zero attached hydrogens (tertiary/aromatic N) is 3. The summed E-state index contributed by atoms with van der Waals surface area (Å²) in [6.07, 6.45) is 3.87. The molecule has 0 saturated carbocycles. The van der Waals surface area contributed by atoms with Crippen LogP contribution in [0.3, 0.4) is 0 Å². The van der Waals surface area contributed by atoms with Gasteiger partial charge in [-0.1, -0.05) is 29.5 Å². The highest BCUT2D eigenvalue weighted by Crippen LogP contribution is 2.22. The lowest BCUT2D eigenvalue weighted by molar-refractivity contribution is -0.140. The first-order chi connectivity index (χ1) is 12.6. The summed E-state index contributed by atoms with van der Waals surface area (Å²) in [5.41, 5.74) is 2.07. The monoisotopic (exact) mass is 372 g/mol. The molecule has 0 aliphatic carbocycles. The number of hydrogen-bond donors (Lipinski definition) is 1. The van der Waals surface area contributed by atoms with E-state index < -0.39 is 0 Å². The fourth-order valence-corrected chi connectivity index (χ4v) is 3.59. The van der Waals surface area contributed by atoms with E-state index in [1.165, 1.54) is 18.4 Å². The highest BCUT2D eigenvalue weighted by atomic mass is 32.1. The number of methoxy groups -OCH3 is 1. The van der Waals surface area contributed by atoms with Crippen molar-refractivity contribution in [2.75, 3.05) is 12.4 Å². The van der Waals surface area contributed by atoms with Crippen LogP contribution >= 0.6 is 11.3 Å². The number of benzene rings is 1. The van der Waals surface area contributed by atoms with Crippen LogP contribution in [-0.2, 0) is 34.2 Å². The second-order valence-electron chi connectivity index (χ2n) is 5.94. The molecule has 0 spiro atoms. The highest BCUT2D eigenvalue weighted by molar-refractivity contribution is 7.15. The Kier molecular flexibility index (Phi) is 5.62. The first-order valence-corrected chi connectivity index (χ1v) is 9.10. The molecule has 7 nitrogen and oxygen atoms in total. The van der Waals surface area contributed by atoms with Gasteiger partial charge in [0.25, 0.3) is 0 Å². The molecule has 1 N–H and O–H groups in total. The molecule has 26 heavy (non-hydrogen) atoms. The van der Waals surface area contributed by atoms with Gasteiger partial charge in [0.1, 0.15) is 5.01 Å². The van der Waals surface area contributed by atoms with Gasteiger partial charge in [-0.15, -0.1) is 10.2 Å². The minimum Gasteiger partial charge on any atom is -0.469 e. The van der Waals surface area contributed by atoms with Crippen molar-refractivity contribution in [3.8, 4) is 0 Å². The summed E-state index contributed by atoms with van der Waals surface area (Å²) < 4.78 is 6.62. The molecule has 0 aliphatic rings. The maximum Gasteiger partial charge on any atom is 0.305 e. The zero-order valence-corrected chi connectivity index (χ0v) is 15.5. The van der Waals surface area contributed by atoms with Crippen molar-refractivity contribution in [1.29, 1.82) is 0 Å². The summed E-state index contributed by atoms with van der Waals surface area (Å²) in [5.74, 6) is -0.364. The van der Waals surface area contributed by atoms with Crippen LogP contribution in [0.1, 0.15) is 23.4 Å². The van der Waals surface area contributed by atoms with Gasteiger partial charge in [-0.2, -0.15) is 0 Å². The molecule has 0 fully saturated rings. The predicted octanol–water partition coefficient (Wildman–Crippen LogP) is 2.71. The van der Waals surface area contributed by atoms with Gasteiger partial charge in [-0.3, -0.25) is 9.59 Å². The number of carbonyl (C=O) groups is 2. The molecule has 3 rings (SSSR count). The second-order valence-corrected chi connectivity index (χ2v) is 7.00. The molecule has 1 amide bonds. The van der Waals surface area contributed by atoms with Gasteiger partial charge in [0.2, 0.25) is 11.0 Å². The summed E-state index contributed by atoms with van der Waals surface area (Å²) in [5, 5.41) is 13.2. The second kappa shape index (κ2) is 8.09. The van der Waals surface area contributed by atoms with E-state index >= 15 is 0 Å². The third-order valence-electron chi connectivity index (χ3n) is 4.04. The Bertz CT molecular complexity index is 932. The average Bonchev–Trinajstić information content (AvgIpc) is 3.20. The minimum atomic E-state index is -0.238. The summed E-state index contributed by atoms with van der Waals surface area (Å²) in [7, 11) is 3.34. The maximum atomic E-state index is 12.3. The van der Waals surface area contributed by atoms with Crippen LogP contribution in [0.5, 0.6) is 0 Å². The van der Waals surface area contributed by atoms with E-state index in [9.17, 15) is 9.59 Å². The lowest BCUT2D eigenvalue weighted by atomic mass is 10.1. The SMILES string of the molecule is COC(=O)CCCc1nnc(NC(=O)Cc2cn(C)c3ccccc23)s1. The molecule has 0 saturated heterocycles. The summed E-state index contributed by atoms with van der Waals surface area (Å²) in [6.45, 7) is 0. The van der Waals surface area contributed by atoms with Crippen molar-refractivity contribution in [3.63, 3.8) is 0 Å². The average molecular weight is 372 g/mol. The lowest BCUT2D eigenvalue weighted by Crippen LogP contribution is -2.14. The standard InChI is InChI=1S/C18H20N4O3S/c1-22-11-12(13-6-3-4-7-14(13)22)10-15(23)19-18-21-20-16(26-18)8-5-9-17(24)25-2/h3-4,6-7,11H,5,8-10H2,1-2H3,(H,19,21,23). The number of carbonyl (C=O) groups excluding carboxylic acids is 2. The van der Waals surface area contributed by atoms with E-state index in [1.54, 1.807) is 0 Å². The number of rotatable bonds is 7. The molecule has 136 valence electrons. The van der Waals surface area contributed by atoms with Gasteiger partial charge < -0.3 is 14.6 Å². The number of aromatic nitrogens is 3. The van der Waals surface area contributed by atoms with Crippen LogP contribution in [0.25, 0.3) is 10.9 Å². The number of para-hydroxylation sites is 1. The van der Waals surface area contributed by atoms with Gasteiger partial charge in [0.15, 0.2) is 0 Å². The van der Waals surface area contributed by atoms with Crippen LogP contribution < -0.4 is 5.32 Å². The molecule has 0 unspecified atom stereocenters. The number of fused-ring (bicyclic) bond motifs is 1. The van der Waals surface area contributed by atoms with E-state index in [4.69, 9.17) is 0 Å². The van der Waals surface area contributed by atoms with Gasteiger partial charge >= 0.3 is 5.97 Å². The third-order valence-corrected chi connectivity index (χ3v) is 4.94. The molecule has 8 heteroatoms. The van der Waals surface area contributed by atoms with E-state index in [-0.39, 0.29) is 18.3 Å². The van der Waals surface area contributed by atoms with Gasteiger partial charge in [-0.05, 0) is 18.1 Å². The summed E-state index contributed by atoms with van der Waals surface area (Å²) >= 11 is 1.33.